The maximum atomic E-state index is 15.6. The van der Waals surface area contributed by atoms with Crippen LogP contribution in [0.15, 0.2) is 72.8 Å². The molecule has 1 atom stereocenters. The van der Waals surface area contributed by atoms with Crippen LogP contribution in [0.4, 0.5) is 14.5 Å². The van der Waals surface area contributed by atoms with Gasteiger partial charge in [-0.2, -0.15) is 0 Å². The summed E-state index contributed by atoms with van der Waals surface area (Å²) >= 11 is 0. The van der Waals surface area contributed by atoms with Gasteiger partial charge < -0.3 is 23.9 Å². The third kappa shape index (κ3) is 7.42. The molecule has 0 aliphatic rings. The Balaban J connectivity index is 1.39. The molecule has 5 rings (SSSR count). The summed E-state index contributed by atoms with van der Waals surface area (Å²) in [4.78, 5) is 35.6. The highest BCUT2D eigenvalue weighted by Crippen LogP contribution is 2.27. The number of nitrogens with zero attached hydrogens (tertiary/aromatic N) is 4. The lowest BCUT2D eigenvalue weighted by molar-refractivity contribution is -0.117. The number of carbonyl (C=O) groups excluding carboxylic acids is 1. The van der Waals surface area contributed by atoms with Gasteiger partial charge in [0.15, 0.2) is 5.69 Å². The summed E-state index contributed by atoms with van der Waals surface area (Å²) in [5.74, 6) is -1.35. The molecule has 0 aliphatic heterocycles. The smallest absolute Gasteiger partial charge is 0.335 e. The summed E-state index contributed by atoms with van der Waals surface area (Å²) < 4.78 is 43.0. The Morgan fingerprint density at radius 3 is 2.48 bits per heavy atom. The van der Waals surface area contributed by atoms with E-state index in [1.165, 1.54) is 37.3 Å². The summed E-state index contributed by atoms with van der Waals surface area (Å²) in [7, 11) is 1.55. The van der Waals surface area contributed by atoms with E-state index < -0.39 is 17.6 Å². The van der Waals surface area contributed by atoms with Crippen molar-refractivity contribution < 1.29 is 33.0 Å². The maximum absolute atomic E-state index is 15.6. The van der Waals surface area contributed by atoms with Gasteiger partial charge >= 0.3 is 5.97 Å². The average Bonchev–Trinajstić information content (AvgIpc) is 3.38. The minimum atomic E-state index is -1.08. The number of Topliss-reactive ketones (excluding diaryl/α,β-unsaturated/α-hetero) is 1. The molecule has 3 aromatic carbocycles. The molecule has 2 aromatic heterocycles. The number of pyridine rings is 1. The Bertz CT molecular complexity index is 1970. The molecule has 5 aromatic rings. The first-order valence-electron chi connectivity index (χ1n) is 14.4. The number of carboxylic acids is 1. The highest BCUT2D eigenvalue weighted by Gasteiger charge is 2.19. The first-order chi connectivity index (χ1) is 22.1. The van der Waals surface area contributed by atoms with E-state index in [2.05, 4.69) is 9.83 Å². The number of imidazole rings is 1. The Labute approximate surface area is 263 Å². The van der Waals surface area contributed by atoms with Gasteiger partial charge in [-0.1, -0.05) is 30.3 Å². The molecule has 2 heterocycles. The first kappa shape index (κ1) is 31.9. The Morgan fingerprint density at radius 2 is 1.78 bits per heavy atom. The zero-order chi connectivity index (χ0) is 32.8. The number of fused-ring (bicyclic) bond motifs is 1. The summed E-state index contributed by atoms with van der Waals surface area (Å²) in [6.45, 7) is 8.71. The van der Waals surface area contributed by atoms with Gasteiger partial charge in [0.1, 0.15) is 29.8 Å². The van der Waals surface area contributed by atoms with Crippen LogP contribution >= 0.6 is 0 Å². The number of methoxy groups -OCH3 is 1. The number of carbonyl (C=O) groups is 2. The van der Waals surface area contributed by atoms with E-state index in [1.807, 2.05) is 4.57 Å². The number of hydrogen-bond donors (Lipinski definition) is 1. The monoisotopic (exact) mass is 624 g/mol. The van der Waals surface area contributed by atoms with Crippen molar-refractivity contribution in [3.05, 3.63) is 118 Å². The van der Waals surface area contributed by atoms with Gasteiger partial charge in [0.2, 0.25) is 5.88 Å². The van der Waals surface area contributed by atoms with E-state index in [-0.39, 0.29) is 47.6 Å². The van der Waals surface area contributed by atoms with Crippen molar-refractivity contribution >= 4 is 28.5 Å². The fourth-order valence-electron chi connectivity index (χ4n) is 5.05. The summed E-state index contributed by atoms with van der Waals surface area (Å²) in [6, 6.07) is 18.5. The number of hydrogen-bond acceptors (Lipinski definition) is 6. The number of ketones is 1. The molecule has 1 unspecified atom stereocenters. The normalized spacial score (nSPS) is 11.7. The van der Waals surface area contributed by atoms with Crippen molar-refractivity contribution in [3.63, 3.8) is 0 Å². The van der Waals surface area contributed by atoms with Gasteiger partial charge in [-0.25, -0.2) is 28.4 Å². The topological polar surface area (TPSA) is 108 Å². The summed E-state index contributed by atoms with van der Waals surface area (Å²) in [6.07, 6.45) is 0.549. The molecular weight excluding hydrogens is 594 g/mol. The number of rotatable bonds is 13. The molecule has 1 N–H and O–H groups in total. The molecular formula is C35H30F2N4O5. The fourth-order valence-corrected chi connectivity index (χ4v) is 5.05. The van der Waals surface area contributed by atoms with Crippen molar-refractivity contribution in [1.82, 2.24) is 14.5 Å². The molecule has 234 valence electrons. The van der Waals surface area contributed by atoms with E-state index >= 15 is 4.39 Å². The number of halogens is 2. The molecule has 0 radical (unpaired) electrons. The van der Waals surface area contributed by atoms with Crippen LogP contribution in [0.25, 0.3) is 27.1 Å². The molecule has 0 spiro atoms. The number of carboxylic acid groups (broad SMARTS) is 1. The lowest BCUT2D eigenvalue weighted by Gasteiger charge is -2.18. The lowest BCUT2D eigenvalue weighted by Crippen LogP contribution is -2.21. The van der Waals surface area contributed by atoms with Crippen LogP contribution in [-0.2, 0) is 29.1 Å². The number of benzene rings is 3. The molecule has 0 saturated heterocycles. The zero-order valence-electron chi connectivity index (χ0n) is 25.2. The highest BCUT2D eigenvalue weighted by molar-refractivity contribution is 5.92. The van der Waals surface area contributed by atoms with Crippen LogP contribution in [0.1, 0.15) is 47.1 Å². The molecule has 0 amide bonds. The predicted octanol–water partition coefficient (Wildman–Crippen LogP) is 7.18. The zero-order valence-corrected chi connectivity index (χ0v) is 25.2. The van der Waals surface area contributed by atoms with Crippen molar-refractivity contribution in [2.45, 2.75) is 45.4 Å². The SMILES string of the molecule is [C-]#[N+]c1ccc(COc2cccc(-c3ccc(Cc4nc5ccc(C(=O)O)cc5n4CC(CCC(C)=O)OC)c(F)c3)n2)c(F)c1. The largest absolute Gasteiger partial charge is 0.478 e. The van der Waals surface area contributed by atoms with Gasteiger partial charge in [-0.05, 0) is 55.3 Å². The maximum Gasteiger partial charge on any atom is 0.335 e. The molecule has 0 bridgehead atoms. The summed E-state index contributed by atoms with van der Waals surface area (Å²) in [5, 5.41) is 9.56. The second-order valence-corrected chi connectivity index (χ2v) is 10.8. The highest BCUT2D eigenvalue weighted by atomic mass is 19.1. The third-order valence-electron chi connectivity index (χ3n) is 7.57. The second-order valence-electron chi connectivity index (χ2n) is 10.8. The third-order valence-corrected chi connectivity index (χ3v) is 7.57. The summed E-state index contributed by atoms with van der Waals surface area (Å²) in [5.41, 5.74) is 3.01. The predicted molar refractivity (Wildman–Crippen MR) is 167 cm³/mol. The minimum Gasteiger partial charge on any atom is -0.478 e. The molecule has 11 heteroatoms. The van der Waals surface area contributed by atoms with E-state index in [0.717, 1.165) is 6.07 Å². The van der Waals surface area contributed by atoms with Crippen molar-refractivity contribution in [1.29, 1.82) is 0 Å². The average molecular weight is 625 g/mol. The van der Waals surface area contributed by atoms with Gasteiger partial charge in [-0.3, -0.25) is 0 Å². The van der Waals surface area contributed by atoms with E-state index in [9.17, 15) is 19.1 Å². The number of aromatic nitrogens is 3. The number of aromatic carboxylic acids is 1. The molecule has 0 fully saturated rings. The second kappa shape index (κ2) is 14.1. The van der Waals surface area contributed by atoms with Crippen LogP contribution in [0.5, 0.6) is 5.88 Å². The van der Waals surface area contributed by atoms with Crippen LogP contribution in [-0.4, -0.2) is 44.6 Å². The van der Waals surface area contributed by atoms with Crippen LogP contribution in [0.3, 0.4) is 0 Å². The van der Waals surface area contributed by atoms with Gasteiger partial charge in [-0.15, -0.1) is 0 Å². The standard InChI is InChI=1S/C35H30F2N4O5/c1-21(42)7-13-27(45-3)19-41-32-16-24(35(43)44)11-14-31(32)39-33(41)17-22-8-9-23(15-28(22)36)30-5-4-6-34(40-30)46-20-25-10-12-26(38-2)18-29(25)37/h4-6,8-12,14-16,18,27H,7,13,17,19-20H2,1,3H3,(H,43,44). The minimum absolute atomic E-state index is 0.0285. The van der Waals surface area contributed by atoms with Gasteiger partial charge in [0.25, 0.3) is 0 Å². The van der Waals surface area contributed by atoms with Gasteiger partial charge in [0, 0.05) is 37.1 Å². The fraction of sp³-hybridized carbons (Fsp3) is 0.229. The lowest BCUT2D eigenvalue weighted by atomic mass is 10.1. The van der Waals surface area contributed by atoms with Crippen LogP contribution in [0.2, 0.25) is 0 Å². The molecule has 9 nitrogen and oxygen atoms in total. The van der Waals surface area contributed by atoms with Crippen molar-refractivity contribution in [2.75, 3.05) is 7.11 Å². The van der Waals surface area contributed by atoms with E-state index in [1.54, 1.807) is 43.5 Å². The van der Waals surface area contributed by atoms with Crippen molar-refractivity contribution in [3.8, 4) is 17.1 Å². The van der Waals surface area contributed by atoms with Crippen LogP contribution in [0, 0.1) is 18.2 Å². The quantitative estimate of drug-likeness (QED) is 0.138. The van der Waals surface area contributed by atoms with Crippen molar-refractivity contribution in [2.24, 2.45) is 0 Å². The number of ether oxygens (including phenoxy) is 2. The van der Waals surface area contributed by atoms with E-state index in [0.29, 0.717) is 53.1 Å². The molecule has 46 heavy (non-hydrogen) atoms. The van der Waals surface area contributed by atoms with Gasteiger partial charge in [0.05, 0.1) is 41.5 Å². The van der Waals surface area contributed by atoms with E-state index in [4.69, 9.17) is 21.0 Å². The molecule has 0 saturated carbocycles. The Morgan fingerprint density at radius 1 is 1.00 bits per heavy atom. The Kier molecular flexibility index (Phi) is 9.79. The molecule has 0 aliphatic carbocycles. The first-order valence-corrected chi connectivity index (χ1v) is 14.4. The Hall–Kier alpha value is -5.47. The van der Waals surface area contributed by atoms with Crippen LogP contribution < -0.4 is 4.74 Å².